The third kappa shape index (κ3) is 3.25. The van der Waals surface area contributed by atoms with Gasteiger partial charge in [-0.3, -0.25) is 9.59 Å². The third-order valence-electron chi connectivity index (χ3n) is 4.26. The second kappa shape index (κ2) is 6.74. The molecule has 0 aromatic heterocycles. The maximum atomic E-state index is 12.5. The molecule has 1 N–H and O–H groups in total. The quantitative estimate of drug-likeness (QED) is 0.940. The van der Waals surface area contributed by atoms with Gasteiger partial charge in [0.25, 0.3) is 0 Å². The van der Waals surface area contributed by atoms with Crippen LogP contribution in [0, 0.1) is 12.8 Å². The Morgan fingerprint density at radius 1 is 1.21 bits per heavy atom. The molecule has 1 fully saturated rings. The summed E-state index contributed by atoms with van der Waals surface area (Å²) in [6.07, 6.45) is 0.217. The zero-order valence-electron chi connectivity index (χ0n) is 13.8. The number of anilines is 2. The van der Waals surface area contributed by atoms with Crippen molar-refractivity contribution in [3.8, 4) is 5.75 Å². The van der Waals surface area contributed by atoms with E-state index in [0.717, 1.165) is 16.9 Å². The van der Waals surface area contributed by atoms with E-state index < -0.39 is 0 Å². The molecule has 1 atom stereocenters. The largest absolute Gasteiger partial charge is 0.497 e. The highest BCUT2D eigenvalue weighted by Crippen LogP contribution is 2.28. The molecule has 0 unspecified atom stereocenters. The Labute approximate surface area is 141 Å². The number of hydrogen-bond acceptors (Lipinski definition) is 3. The van der Waals surface area contributed by atoms with Gasteiger partial charge in [0, 0.05) is 30.4 Å². The maximum Gasteiger partial charge on any atom is 0.229 e. The fraction of sp³-hybridized carbons (Fsp3) is 0.263. The summed E-state index contributed by atoms with van der Waals surface area (Å²) in [6.45, 7) is 2.32. The minimum Gasteiger partial charge on any atom is -0.497 e. The topological polar surface area (TPSA) is 58.6 Å². The Kier molecular flexibility index (Phi) is 4.51. The van der Waals surface area contributed by atoms with Crippen molar-refractivity contribution < 1.29 is 14.3 Å². The number of para-hydroxylation sites is 1. The molecule has 0 aliphatic carbocycles. The summed E-state index contributed by atoms with van der Waals surface area (Å²) in [5, 5.41) is 2.92. The summed E-state index contributed by atoms with van der Waals surface area (Å²) in [7, 11) is 1.59. The highest BCUT2D eigenvalue weighted by molar-refractivity contribution is 6.03. The van der Waals surface area contributed by atoms with Crippen LogP contribution in [0.15, 0.2) is 48.5 Å². The summed E-state index contributed by atoms with van der Waals surface area (Å²) in [5.41, 5.74) is 2.54. The van der Waals surface area contributed by atoms with Crippen molar-refractivity contribution in [2.45, 2.75) is 13.3 Å². The summed E-state index contributed by atoms with van der Waals surface area (Å²) in [4.78, 5) is 26.5. The first-order valence-electron chi connectivity index (χ1n) is 7.89. The summed E-state index contributed by atoms with van der Waals surface area (Å²) in [6, 6.07) is 14.9. The fourth-order valence-corrected chi connectivity index (χ4v) is 2.86. The molecule has 2 aromatic carbocycles. The van der Waals surface area contributed by atoms with Crippen LogP contribution in [0.1, 0.15) is 12.0 Å². The average Bonchev–Trinajstić information content (AvgIpc) is 2.99. The molecule has 0 bridgehead atoms. The lowest BCUT2D eigenvalue weighted by Gasteiger charge is -2.17. The predicted molar refractivity (Wildman–Crippen MR) is 93.3 cm³/mol. The van der Waals surface area contributed by atoms with Crippen LogP contribution in [0.3, 0.4) is 0 Å². The monoisotopic (exact) mass is 324 g/mol. The predicted octanol–water partition coefficient (Wildman–Crippen LogP) is 3.00. The van der Waals surface area contributed by atoms with Crippen molar-refractivity contribution in [3.63, 3.8) is 0 Å². The van der Waals surface area contributed by atoms with Gasteiger partial charge in [-0.15, -0.1) is 0 Å². The minimum absolute atomic E-state index is 0.0480. The van der Waals surface area contributed by atoms with Crippen molar-refractivity contribution in [2.24, 2.45) is 5.92 Å². The maximum absolute atomic E-state index is 12.5. The first kappa shape index (κ1) is 16.1. The molecule has 1 aliphatic heterocycles. The van der Waals surface area contributed by atoms with Gasteiger partial charge in [-0.25, -0.2) is 0 Å². The Hall–Kier alpha value is -2.82. The van der Waals surface area contributed by atoms with Crippen LogP contribution in [0.5, 0.6) is 5.75 Å². The van der Waals surface area contributed by atoms with Crippen LogP contribution in [0.25, 0.3) is 0 Å². The summed E-state index contributed by atoms with van der Waals surface area (Å²) < 4.78 is 5.20. The van der Waals surface area contributed by atoms with E-state index in [1.54, 1.807) is 18.1 Å². The van der Waals surface area contributed by atoms with Gasteiger partial charge in [0.05, 0.1) is 13.0 Å². The van der Waals surface area contributed by atoms with E-state index in [1.165, 1.54) is 0 Å². The van der Waals surface area contributed by atoms with Gasteiger partial charge in [0.15, 0.2) is 0 Å². The molecule has 0 radical (unpaired) electrons. The van der Waals surface area contributed by atoms with Crippen molar-refractivity contribution in [3.05, 3.63) is 54.1 Å². The molecule has 2 amide bonds. The number of nitrogens with one attached hydrogen (secondary N) is 1. The second-order valence-corrected chi connectivity index (χ2v) is 5.91. The first-order chi connectivity index (χ1) is 11.6. The lowest BCUT2D eigenvalue weighted by Crippen LogP contribution is -2.28. The normalized spacial score (nSPS) is 17.0. The zero-order chi connectivity index (χ0) is 17.1. The molecular formula is C19H20N2O3. The number of ether oxygens (including phenoxy) is 1. The van der Waals surface area contributed by atoms with Crippen molar-refractivity contribution >= 4 is 23.2 Å². The number of amides is 2. The van der Waals surface area contributed by atoms with Gasteiger partial charge in [-0.05, 0) is 30.7 Å². The van der Waals surface area contributed by atoms with Crippen molar-refractivity contribution in [2.75, 3.05) is 23.9 Å². The molecule has 24 heavy (non-hydrogen) atoms. The number of nitrogens with zero attached hydrogens (tertiary/aromatic N) is 1. The van der Waals surface area contributed by atoms with Crippen molar-refractivity contribution in [1.29, 1.82) is 0 Å². The Morgan fingerprint density at radius 2 is 2.00 bits per heavy atom. The van der Waals surface area contributed by atoms with Gasteiger partial charge < -0.3 is 15.0 Å². The molecule has 0 spiro atoms. The number of benzene rings is 2. The Balaban J connectivity index is 1.72. The molecular weight excluding hydrogens is 304 g/mol. The molecule has 1 heterocycles. The van der Waals surface area contributed by atoms with Crippen LogP contribution in [-0.2, 0) is 9.59 Å². The van der Waals surface area contributed by atoms with E-state index in [1.807, 2.05) is 49.4 Å². The van der Waals surface area contributed by atoms with Crippen molar-refractivity contribution in [1.82, 2.24) is 0 Å². The smallest absolute Gasteiger partial charge is 0.229 e. The van der Waals surface area contributed by atoms with E-state index >= 15 is 0 Å². The standard InChI is InChI=1S/C19H20N2O3/c1-13-6-3-4-9-17(13)20-19(23)14-10-18(22)21(12-14)15-7-5-8-16(11-15)24-2/h3-9,11,14H,10,12H2,1-2H3,(H,20,23)/t14-/m0/s1. The van der Waals surface area contributed by atoms with E-state index in [9.17, 15) is 9.59 Å². The Bertz CT molecular complexity index is 773. The van der Waals surface area contributed by atoms with E-state index in [4.69, 9.17) is 4.74 Å². The lowest BCUT2D eigenvalue weighted by atomic mass is 10.1. The highest BCUT2D eigenvalue weighted by atomic mass is 16.5. The van der Waals surface area contributed by atoms with Gasteiger partial charge in [-0.1, -0.05) is 24.3 Å². The van der Waals surface area contributed by atoms with Crippen LogP contribution < -0.4 is 15.0 Å². The fourth-order valence-electron chi connectivity index (χ4n) is 2.86. The number of carbonyl (C=O) groups excluding carboxylic acids is 2. The van der Waals surface area contributed by atoms with Gasteiger partial charge in [-0.2, -0.15) is 0 Å². The zero-order valence-corrected chi connectivity index (χ0v) is 13.8. The number of carbonyl (C=O) groups is 2. The second-order valence-electron chi connectivity index (χ2n) is 5.91. The Morgan fingerprint density at radius 3 is 2.75 bits per heavy atom. The van der Waals surface area contributed by atoms with Crippen LogP contribution in [0.2, 0.25) is 0 Å². The van der Waals surface area contributed by atoms with Crippen LogP contribution in [0.4, 0.5) is 11.4 Å². The molecule has 5 heteroatoms. The number of aryl methyl sites for hydroxylation is 1. The van der Waals surface area contributed by atoms with Crippen LogP contribution >= 0.6 is 0 Å². The molecule has 1 saturated heterocycles. The van der Waals surface area contributed by atoms with E-state index in [-0.39, 0.29) is 24.2 Å². The number of hydrogen-bond donors (Lipinski definition) is 1. The number of methoxy groups -OCH3 is 1. The molecule has 124 valence electrons. The van der Waals surface area contributed by atoms with Gasteiger partial charge >= 0.3 is 0 Å². The highest BCUT2D eigenvalue weighted by Gasteiger charge is 2.35. The van der Waals surface area contributed by atoms with Crippen LogP contribution in [-0.4, -0.2) is 25.5 Å². The molecule has 5 nitrogen and oxygen atoms in total. The first-order valence-corrected chi connectivity index (χ1v) is 7.89. The molecule has 2 aromatic rings. The molecule has 3 rings (SSSR count). The van der Waals surface area contributed by atoms with E-state index in [0.29, 0.717) is 12.3 Å². The van der Waals surface area contributed by atoms with Gasteiger partial charge in [0.2, 0.25) is 11.8 Å². The summed E-state index contributed by atoms with van der Waals surface area (Å²) >= 11 is 0. The van der Waals surface area contributed by atoms with E-state index in [2.05, 4.69) is 5.32 Å². The minimum atomic E-state index is -0.358. The van der Waals surface area contributed by atoms with Gasteiger partial charge in [0.1, 0.15) is 5.75 Å². The average molecular weight is 324 g/mol. The lowest BCUT2D eigenvalue weighted by molar-refractivity contribution is -0.122. The SMILES string of the molecule is COc1cccc(N2C[C@@H](C(=O)Nc3ccccc3C)CC2=O)c1. The number of rotatable bonds is 4. The molecule has 1 aliphatic rings. The third-order valence-corrected chi connectivity index (χ3v) is 4.26. The molecule has 0 saturated carbocycles. The summed E-state index contributed by atoms with van der Waals surface area (Å²) in [5.74, 6) is 0.160.